The van der Waals surface area contributed by atoms with Crippen LogP contribution in [0.3, 0.4) is 0 Å². The molecule has 0 saturated carbocycles. The fourth-order valence-electron chi connectivity index (χ4n) is 4.14. The minimum Gasteiger partial charge on any atom is -0.493 e. The van der Waals surface area contributed by atoms with Crippen molar-refractivity contribution in [2.24, 2.45) is 0 Å². The van der Waals surface area contributed by atoms with Crippen LogP contribution in [0.4, 0.5) is 0 Å². The molecule has 4 heteroatoms. The fourth-order valence-corrected chi connectivity index (χ4v) is 4.50. The van der Waals surface area contributed by atoms with Crippen LogP contribution in [-0.2, 0) is 0 Å². The van der Waals surface area contributed by atoms with Crippen molar-refractivity contribution in [1.82, 2.24) is 4.90 Å². The average Bonchev–Trinajstić information content (AvgIpc) is 2.67. The van der Waals surface area contributed by atoms with E-state index in [4.69, 9.17) is 4.74 Å². The molecule has 2 aliphatic rings. The molecule has 1 fully saturated rings. The number of hydrogen-bond acceptors (Lipinski definition) is 3. The molecular weight excluding hydrogens is 314 g/mol. The van der Waals surface area contributed by atoms with Crippen molar-refractivity contribution >= 4 is 14.9 Å². The van der Waals surface area contributed by atoms with Crippen molar-refractivity contribution in [2.45, 2.75) is 37.8 Å². The van der Waals surface area contributed by atoms with E-state index in [-0.39, 0.29) is 9.76 Å². The van der Waals surface area contributed by atoms with E-state index in [2.05, 4.69) is 41.3 Å². The molecule has 2 aromatic carbocycles. The Hall–Kier alpha value is -1.62. The SMILES string of the molecule is O[Si+2]c1ccc2c(c1)OCCC2N1CCCC[C@H]1c1ccccc1. The maximum absolute atomic E-state index is 9.41. The molecule has 0 aromatic heterocycles. The first-order chi connectivity index (χ1) is 11.9. The van der Waals surface area contributed by atoms with Gasteiger partial charge in [-0.25, -0.2) is 0 Å². The predicted octanol–water partition coefficient (Wildman–Crippen LogP) is 2.97. The zero-order valence-corrected chi connectivity index (χ0v) is 14.8. The van der Waals surface area contributed by atoms with Gasteiger partial charge < -0.3 is 4.74 Å². The average molecular weight is 337 g/mol. The molecule has 1 unspecified atom stereocenters. The summed E-state index contributed by atoms with van der Waals surface area (Å²) in [5.74, 6) is 0.961. The lowest BCUT2D eigenvalue weighted by atomic mass is 9.90. The molecule has 0 radical (unpaired) electrons. The van der Waals surface area contributed by atoms with Gasteiger partial charge in [-0.05, 0) is 31.0 Å². The highest BCUT2D eigenvalue weighted by Crippen LogP contribution is 2.43. The van der Waals surface area contributed by atoms with Gasteiger partial charge in [0.1, 0.15) is 5.75 Å². The lowest BCUT2D eigenvalue weighted by molar-refractivity contribution is 0.0670. The second kappa shape index (κ2) is 7.09. The summed E-state index contributed by atoms with van der Waals surface area (Å²) in [6.45, 7) is 1.90. The van der Waals surface area contributed by atoms with Gasteiger partial charge in [-0.2, -0.15) is 0 Å². The summed E-state index contributed by atoms with van der Waals surface area (Å²) >= 11 is 0. The van der Waals surface area contributed by atoms with E-state index in [1.165, 1.54) is 30.4 Å². The van der Waals surface area contributed by atoms with Crippen molar-refractivity contribution in [2.75, 3.05) is 13.2 Å². The van der Waals surface area contributed by atoms with Crippen molar-refractivity contribution in [3.05, 3.63) is 59.7 Å². The Balaban J connectivity index is 1.67. The topological polar surface area (TPSA) is 32.7 Å². The molecule has 2 heterocycles. The van der Waals surface area contributed by atoms with Crippen LogP contribution in [0, 0.1) is 0 Å². The highest BCUT2D eigenvalue weighted by Gasteiger charge is 2.41. The molecule has 3 nitrogen and oxygen atoms in total. The highest BCUT2D eigenvalue weighted by molar-refractivity contribution is 6.45. The zero-order chi connectivity index (χ0) is 16.4. The van der Waals surface area contributed by atoms with Crippen molar-refractivity contribution in [3.8, 4) is 5.75 Å². The first kappa shape index (κ1) is 15.9. The number of fused-ring (bicyclic) bond motifs is 1. The lowest BCUT2D eigenvalue weighted by Crippen LogP contribution is -2.39. The summed E-state index contributed by atoms with van der Waals surface area (Å²) in [7, 11) is -0.171. The van der Waals surface area contributed by atoms with Crippen molar-refractivity contribution < 1.29 is 9.53 Å². The molecule has 0 bridgehead atoms. The van der Waals surface area contributed by atoms with Gasteiger partial charge in [-0.3, -0.25) is 4.90 Å². The Morgan fingerprint density at radius 2 is 1.88 bits per heavy atom. The third kappa shape index (κ3) is 3.01. The van der Waals surface area contributed by atoms with Gasteiger partial charge >= 0.3 is 14.9 Å². The fraction of sp³-hybridized carbons (Fsp3) is 0.400. The van der Waals surface area contributed by atoms with Crippen LogP contribution in [0.1, 0.15) is 48.9 Å². The summed E-state index contributed by atoms with van der Waals surface area (Å²) in [5, 5.41) is 0.952. The van der Waals surface area contributed by atoms with Crippen LogP contribution in [-0.4, -0.2) is 32.6 Å². The van der Waals surface area contributed by atoms with Crippen LogP contribution in [0.15, 0.2) is 48.5 Å². The Labute approximate surface area is 146 Å². The third-order valence-corrected chi connectivity index (χ3v) is 5.85. The molecule has 2 aromatic rings. The number of piperidine rings is 1. The largest absolute Gasteiger partial charge is 1.22 e. The molecule has 0 amide bonds. The highest BCUT2D eigenvalue weighted by atomic mass is 28.2. The van der Waals surface area contributed by atoms with Gasteiger partial charge in [-0.15, -0.1) is 0 Å². The van der Waals surface area contributed by atoms with Crippen molar-refractivity contribution in [3.63, 3.8) is 0 Å². The summed E-state index contributed by atoms with van der Waals surface area (Å²) in [4.78, 5) is 12.1. The molecule has 0 aliphatic carbocycles. The normalized spacial score (nSPS) is 23.9. The number of rotatable bonds is 3. The van der Waals surface area contributed by atoms with E-state index >= 15 is 0 Å². The number of nitrogens with zero attached hydrogens (tertiary/aromatic N) is 1. The Kier molecular flexibility index (Phi) is 4.69. The standard InChI is InChI=1S/C20H23NO2Si/c22-24-16-9-10-17-19(11-13-23-20(17)14-16)21-12-5-4-8-18(21)15-6-2-1-3-7-15/h1-3,6-7,9-10,14,18-19,22H,4-5,8,11-13H2/q+2/t18-,19?/m0/s1. The second-order valence-corrected chi connectivity index (χ2v) is 7.48. The van der Waals surface area contributed by atoms with Gasteiger partial charge in [0, 0.05) is 30.1 Å². The van der Waals surface area contributed by atoms with E-state index in [1.54, 1.807) is 0 Å². The Morgan fingerprint density at radius 1 is 1.00 bits per heavy atom. The van der Waals surface area contributed by atoms with Crippen LogP contribution in [0.25, 0.3) is 0 Å². The molecule has 24 heavy (non-hydrogen) atoms. The van der Waals surface area contributed by atoms with Crippen molar-refractivity contribution in [1.29, 1.82) is 0 Å². The first-order valence-electron chi connectivity index (χ1n) is 8.84. The molecule has 1 saturated heterocycles. The maximum Gasteiger partial charge on any atom is 1.22 e. The third-order valence-electron chi connectivity index (χ3n) is 5.28. The molecule has 122 valence electrons. The van der Waals surface area contributed by atoms with E-state index in [0.29, 0.717) is 12.1 Å². The van der Waals surface area contributed by atoms with Crippen LogP contribution >= 0.6 is 0 Å². The van der Waals surface area contributed by atoms with Gasteiger partial charge in [-0.1, -0.05) is 41.5 Å². The van der Waals surface area contributed by atoms with Crippen LogP contribution < -0.4 is 9.92 Å². The van der Waals surface area contributed by atoms with E-state index in [1.807, 2.05) is 12.1 Å². The molecule has 2 aliphatic heterocycles. The van der Waals surface area contributed by atoms with Gasteiger partial charge in [0.05, 0.1) is 12.7 Å². The summed E-state index contributed by atoms with van der Waals surface area (Å²) in [6.07, 6.45) is 4.84. The number of ether oxygens (including phenoxy) is 1. The monoisotopic (exact) mass is 337 g/mol. The summed E-state index contributed by atoms with van der Waals surface area (Å²) in [5.41, 5.74) is 2.71. The van der Waals surface area contributed by atoms with Gasteiger partial charge in [0.15, 0.2) is 0 Å². The second-order valence-electron chi connectivity index (χ2n) is 6.68. The molecule has 2 atom stereocenters. The summed E-state index contributed by atoms with van der Waals surface area (Å²) < 4.78 is 5.89. The first-order valence-corrected chi connectivity index (χ1v) is 9.79. The maximum atomic E-state index is 9.41. The predicted molar refractivity (Wildman–Crippen MR) is 96.6 cm³/mol. The Morgan fingerprint density at radius 3 is 2.71 bits per heavy atom. The molecule has 4 rings (SSSR count). The minimum absolute atomic E-state index is 0.171. The molecule has 1 N–H and O–H groups in total. The summed E-state index contributed by atoms with van der Waals surface area (Å²) in [6, 6.07) is 18.0. The smallest absolute Gasteiger partial charge is 0.493 e. The number of hydrogen-bond donors (Lipinski definition) is 1. The lowest BCUT2D eigenvalue weighted by Gasteiger charge is -2.43. The van der Waals surface area contributed by atoms with E-state index in [9.17, 15) is 4.80 Å². The quantitative estimate of drug-likeness (QED) is 0.874. The van der Waals surface area contributed by atoms with Gasteiger partial charge in [0.25, 0.3) is 0 Å². The minimum atomic E-state index is -0.171. The zero-order valence-electron chi connectivity index (χ0n) is 13.8. The number of benzene rings is 2. The van der Waals surface area contributed by atoms with E-state index in [0.717, 1.165) is 30.5 Å². The van der Waals surface area contributed by atoms with Gasteiger partial charge in [0.2, 0.25) is 0 Å². The van der Waals surface area contributed by atoms with E-state index < -0.39 is 0 Å². The molecular formula is C20H23NO2Si+2. The number of likely N-dealkylation sites (tertiary alicyclic amines) is 1. The van der Waals surface area contributed by atoms with Crippen LogP contribution in [0.2, 0.25) is 0 Å². The molecule has 0 spiro atoms. The Bertz CT molecular complexity index is 691. The van der Waals surface area contributed by atoms with Crippen LogP contribution in [0.5, 0.6) is 5.75 Å².